The molecule has 1 nitrogen and oxygen atoms in total. The quantitative estimate of drug-likeness (QED) is 0.600. The van der Waals surface area contributed by atoms with Crippen molar-refractivity contribution in [2.24, 2.45) is 0 Å². The molecule has 1 aromatic carbocycles. The Balaban J connectivity index is 3.08. The van der Waals surface area contributed by atoms with E-state index in [1.165, 1.54) is 0 Å². The summed E-state index contributed by atoms with van der Waals surface area (Å²) in [6, 6.07) is 8.59. The first kappa shape index (κ1) is 6.87. The van der Waals surface area contributed by atoms with E-state index < -0.39 is 0 Å². The molecule has 0 bridgehead atoms. The van der Waals surface area contributed by atoms with E-state index in [4.69, 9.17) is 4.74 Å². The second-order valence-electron chi connectivity index (χ2n) is 1.86. The Labute approximate surface area is 61.0 Å². The SMILES string of the molecule is C=Cc1[c]cccc1OC. The molecule has 1 heteroatoms. The lowest BCUT2D eigenvalue weighted by atomic mass is 10.2. The molecule has 0 aromatic heterocycles. The van der Waals surface area contributed by atoms with Gasteiger partial charge in [0.15, 0.2) is 0 Å². The van der Waals surface area contributed by atoms with Gasteiger partial charge in [-0.1, -0.05) is 24.8 Å². The Bertz CT molecular complexity index is 228. The van der Waals surface area contributed by atoms with Gasteiger partial charge in [-0.2, -0.15) is 0 Å². The molecule has 1 radical (unpaired) electrons. The summed E-state index contributed by atoms with van der Waals surface area (Å²) in [5.41, 5.74) is 0.907. The van der Waals surface area contributed by atoms with Crippen LogP contribution >= 0.6 is 0 Å². The predicted molar refractivity (Wildman–Crippen MR) is 41.9 cm³/mol. The van der Waals surface area contributed by atoms with Crippen LogP contribution in [0.15, 0.2) is 24.8 Å². The van der Waals surface area contributed by atoms with E-state index in [0.29, 0.717) is 0 Å². The third-order valence-corrected chi connectivity index (χ3v) is 1.27. The van der Waals surface area contributed by atoms with Crippen molar-refractivity contribution in [1.82, 2.24) is 0 Å². The molecular weight excluding hydrogens is 124 g/mol. The molecule has 0 amide bonds. The molecular formula is C9H9O. The van der Waals surface area contributed by atoms with Gasteiger partial charge in [-0.15, -0.1) is 0 Å². The van der Waals surface area contributed by atoms with E-state index in [-0.39, 0.29) is 0 Å². The molecule has 0 aliphatic heterocycles. The lowest BCUT2D eigenvalue weighted by Gasteiger charge is -2.01. The zero-order valence-electron chi connectivity index (χ0n) is 5.92. The van der Waals surface area contributed by atoms with Crippen molar-refractivity contribution in [2.45, 2.75) is 0 Å². The van der Waals surface area contributed by atoms with Crippen molar-refractivity contribution < 1.29 is 4.74 Å². The van der Waals surface area contributed by atoms with Crippen LogP contribution in [0.2, 0.25) is 0 Å². The van der Waals surface area contributed by atoms with Gasteiger partial charge in [-0.3, -0.25) is 0 Å². The molecule has 0 N–H and O–H groups in total. The highest BCUT2D eigenvalue weighted by molar-refractivity contribution is 5.54. The Morgan fingerprint density at radius 2 is 2.50 bits per heavy atom. The van der Waals surface area contributed by atoms with E-state index in [1.54, 1.807) is 13.2 Å². The highest BCUT2D eigenvalue weighted by atomic mass is 16.5. The third-order valence-electron chi connectivity index (χ3n) is 1.27. The molecule has 1 rings (SSSR count). The van der Waals surface area contributed by atoms with Crippen molar-refractivity contribution in [2.75, 3.05) is 7.11 Å². The van der Waals surface area contributed by atoms with Crippen LogP contribution in [-0.4, -0.2) is 7.11 Å². The molecule has 10 heavy (non-hydrogen) atoms. The number of methoxy groups -OCH3 is 1. The number of benzene rings is 1. The number of rotatable bonds is 2. The fourth-order valence-corrected chi connectivity index (χ4v) is 0.772. The minimum Gasteiger partial charge on any atom is -0.496 e. The summed E-state index contributed by atoms with van der Waals surface area (Å²) < 4.78 is 5.03. The summed E-state index contributed by atoms with van der Waals surface area (Å²) in [7, 11) is 1.64. The monoisotopic (exact) mass is 133 g/mol. The molecule has 0 spiro atoms. The Kier molecular flexibility index (Phi) is 2.11. The fraction of sp³-hybridized carbons (Fsp3) is 0.111. The van der Waals surface area contributed by atoms with Crippen molar-refractivity contribution in [1.29, 1.82) is 0 Å². The molecule has 0 aliphatic carbocycles. The average Bonchev–Trinajstić information content (AvgIpc) is 2.04. The summed E-state index contributed by atoms with van der Waals surface area (Å²) in [5, 5.41) is 0. The summed E-state index contributed by atoms with van der Waals surface area (Å²) in [6.07, 6.45) is 1.72. The van der Waals surface area contributed by atoms with Crippen LogP contribution in [0.25, 0.3) is 6.08 Å². The summed E-state index contributed by atoms with van der Waals surface area (Å²) in [6.45, 7) is 3.63. The van der Waals surface area contributed by atoms with E-state index in [0.717, 1.165) is 11.3 Å². The minimum absolute atomic E-state index is 0.817. The largest absolute Gasteiger partial charge is 0.496 e. The van der Waals surface area contributed by atoms with E-state index in [9.17, 15) is 0 Å². The van der Waals surface area contributed by atoms with Crippen LogP contribution in [-0.2, 0) is 0 Å². The molecule has 0 saturated heterocycles. The lowest BCUT2D eigenvalue weighted by molar-refractivity contribution is 0.414. The number of ether oxygens (including phenoxy) is 1. The maximum Gasteiger partial charge on any atom is 0.126 e. The first-order valence-corrected chi connectivity index (χ1v) is 3.05. The Morgan fingerprint density at radius 1 is 1.70 bits per heavy atom. The normalized spacial score (nSPS) is 8.90. The van der Waals surface area contributed by atoms with Crippen LogP contribution < -0.4 is 4.74 Å². The Morgan fingerprint density at radius 3 is 3.00 bits per heavy atom. The number of hydrogen-bond acceptors (Lipinski definition) is 1. The zero-order valence-corrected chi connectivity index (χ0v) is 5.92. The van der Waals surface area contributed by atoms with E-state index in [2.05, 4.69) is 12.6 Å². The maximum absolute atomic E-state index is 5.03. The molecule has 0 atom stereocenters. The second kappa shape index (κ2) is 3.06. The summed E-state index contributed by atoms with van der Waals surface area (Å²) in [5.74, 6) is 0.817. The molecule has 0 aliphatic rings. The van der Waals surface area contributed by atoms with Gasteiger partial charge in [-0.05, 0) is 12.1 Å². The van der Waals surface area contributed by atoms with Gasteiger partial charge >= 0.3 is 0 Å². The van der Waals surface area contributed by atoms with Crippen LogP contribution in [0.4, 0.5) is 0 Å². The second-order valence-corrected chi connectivity index (χ2v) is 1.86. The molecule has 0 fully saturated rings. The van der Waals surface area contributed by atoms with Crippen LogP contribution in [0.1, 0.15) is 5.56 Å². The van der Waals surface area contributed by atoms with Gasteiger partial charge in [-0.25, -0.2) is 0 Å². The first-order chi connectivity index (χ1) is 4.88. The fourth-order valence-electron chi connectivity index (χ4n) is 0.772. The minimum atomic E-state index is 0.817. The molecule has 0 unspecified atom stereocenters. The molecule has 51 valence electrons. The number of hydrogen-bond donors (Lipinski definition) is 0. The van der Waals surface area contributed by atoms with Crippen molar-refractivity contribution >= 4 is 6.08 Å². The third kappa shape index (κ3) is 1.18. The van der Waals surface area contributed by atoms with Crippen LogP contribution in [0.3, 0.4) is 0 Å². The van der Waals surface area contributed by atoms with Gasteiger partial charge in [0, 0.05) is 5.56 Å². The smallest absolute Gasteiger partial charge is 0.126 e. The van der Waals surface area contributed by atoms with Gasteiger partial charge in [0.05, 0.1) is 7.11 Å². The molecule has 0 heterocycles. The highest BCUT2D eigenvalue weighted by Gasteiger charge is 1.93. The predicted octanol–water partition coefficient (Wildman–Crippen LogP) is 2.14. The van der Waals surface area contributed by atoms with Gasteiger partial charge in [0.25, 0.3) is 0 Å². The Hall–Kier alpha value is -1.24. The highest BCUT2D eigenvalue weighted by Crippen LogP contribution is 2.16. The van der Waals surface area contributed by atoms with Gasteiger partial charge < -0.3 is 4.74 Å². The summed E-state index contributed by atoms with van der Waals surface area (Å²) >= 11 is 0. The van der Waals surface area contributed by atoms with E-state index in [1.807, 2.05) is 18.2 Å². The molecule has 1 aromatic rings. The maximum atomic E-state index is 5.03. The zero-order chi connectivity index (χ0) is 7.40. The summed E-state index contributed by atoms with van der Waals surface area (Å²) in [4.78, 5) is 0. The average molecular weight is 133 g/mol. The van der Waals surface area contributed by atoms with Gasteiger partial charge in [0.1, 0.15) is 5.75 Å². The lowest BCUT2D eigenvalue weighted by Crippen LogP contribution is -1.84. The standard InChI is InChI=1S/C9H9O/c1-3-8-6-4-5-7-9(8)10-2/h3-5,7H,1H2,2H3. The van der Waals surface area contributed by atoms with Crippen molar-refractivity contribution in [3.8, 4) is 5.75 Å². The topological polar surface area (TPSA) is 9.23 Å². The first-order valence-electron chi connectivity index (χ1n) is 3.05. The van der Waals surface area contributed by atoms with Crippen molar-refractivity contribution in [3.05, 3.63) is 36.4 Å². The molecule has 0 saturated carbocycles. The van der Waals surface area contributed by atoms with E-state index >= 15 is 0 Å². The van der Waals surface area contributed by atoms with Crippen LogP contribution in [0.5, 0.6) is 5.75 Å². The van der Waals surface area contributed by atoms with Crippen LogP contribution in [0, 0.1) is 6.07 Å². The van der Waals surface area contributed by atoms with Crippen molar-refractivity contribution in [3.63, 3.8) is 0 Å². The van der Waals surface area contributed by atoms with Gasteiger partial charge in [0.2, 0.25) is 0 Å².